The number of nitrogens with zero attached hydrogens (tertiary/aromatic N) is 4. The molecule has 0 unspecified atom stereocenters. The van der Waals surface area contributed by atoms with Crippen molar-refractivity contribution in [2.45, 2.75) is 47.5 Å². The van der Waals surface area contributed by atoms with Crippen LogP contribution in [0.3, 0.4) is 0 Å². The van der Waals surface area contributed by atoms with E-state index >= 15 is 0 Å². The molecule has 0 spiro atoms. The van der Waals surface area contributed by atoms with Crippen LogP contribution in [0.25, 0.3) is 0 Å². The van der Waals surface area contributed by atoms with Gasteiger partial charge in [-0.3, -0.25) is 9.97 Å². The van der Waals surface area contributed by atoms with E-state index in [4.69, 9.17) is 9.68 Å². The highest BCUT2D eigenvalue weighted by Gasteiger charge is 2.45. The topological polar surface area (TPSA) is 69.0 Å². The average Bonchev–Trinajstić information content (AvgIpc) is 3.43. The minimum absolute atomic E-state index is 0.00418. The summed E-state index contributed by atoms with van der Waals surface area (Å²) in [6.07, 6.45) is 2.11. The molecular formula is C22H28N4O2. The molecule has 148 valence electrons. The van der Waals surface area contributed by atoms with Crippen molar-refractivity contribution in [3.05, 3.63) is 58.7 Å². The highest BCUT2D eigenvalue weighted by Crippen LogP contribution is 2.46. The largest absolute Gasteiger partial charge is 0.395 e. The third-order valence-corrected chi connectivity index (χ3v) is 5.08. The van der Waals surface area contributed by atoms with Crippen LogP contribution in [0.15, 0.2) is 40.6 Å². The lowest BCUT2D eigenvalue weighted by atomic mass is 10.1. The van der Waals surface area contributed by atoms with Crippen LogP contribution in [-0.2, 0) is 9.68 Å². The molecule has 0 saturated heterocycles. The Labute approximate surface area is 166 Å². The predicted octanol–water partition coefficient (Wildman–Crippen LogP) is 4.36. The number of oxime groups is 2. The van der Waals surface area contributed by atoms with Crippen LogP contribution in [0, 0.1) is 26.2 Å². The van der Waals surface area contributed by atoms with E-state index in [-0.39, 0.29) is 5.41 Å². The third kappa shape index (κ3) is 5.15. The maximum atomic E-state index is 5.61. The summed E-state index contributed by atoms with van der Waals surface area (Å²) >= 11 is 0. The summed E-state index contributed by atoms with van der Waals surface area (Å²) in [6, 6.07) is 9.89. The normalized spacial score (nSPS) is 16.0. The molecule has 0 aliphatic heterocycles. The minimum atomic E-state index is 0.00418. The Balaban J connectivity index is 1.50. The van der Waals surface area contributed by atoms with Gasteiger partial charge in [-0.15, -0.1) is 0 Å². The van der Waals surface area contributed by atoms with Gasteiger partial charge in [-0.1, -0.05) is 22.4 Å². The number of hydrogen-bond donors (Lipinski definition) is 0. The first-order valence-electron chi connectivity index (χ1n) is 9.60. The van der Waals surface area contributed by atoms with Crippen LogP contribution >= 0.6 is 0 Å². The Bertz CT molecular complexity index is 901. The average molecular weight is 380 g/mol. The number of rotatable bonds is 8. The second-order valence-electron chi connectivity index (χ2n) is 7.66. The van der Waals surface area contributed by atoms with Gasteiger partial charge in [0.25, 0.3) is 0 Å². The molecule has 0 radical (unpaired) electrons. The lowest BCUT2D eigenvalue weighted by molar-refractivity contribution is 0.0320. The molecule has 28 heavy (non-hydrogen) atoms. The van der Waals surface area contributed by atoms with Gasteiger partial charge in [0.15, 0.2) is 0 Å². The molecule has 0 atom stereocenters. The van der Waals surface area contributed by atoms with Gasteiger partial charge in [0.2, 0.25) is 0 Å². The molecule has 3 rings (SSSR count). The van der Waals surface area contributed by atoms with Gasteiger partial charge in [0.05, 0.1) is 11.4 Å². The van der Waals surface area contributed by atoms with Crippen LogP contribution < -0.4 is 0 Å². The van der Waals surface area contributed by atoms with Crippen molar-refractivity contribution in [2.75, 3.05) is 13.2 Å². The molecule has 6 heteroatoms. The van der Waals surface area contributed by atoms with Crippen LogP contribution in [0.2, 0.25) is 0 Å². The number of pyridine rings is 2. The van der Waals surface area contributed by atoms with E-state index in [9.17, 15) is 0 Å². The fourth-order valence-corrected chi connectivity index (χ4v) is 2.71. The molecule has 2 aromatic rings. The minimum Gasteiger partial charge on any atom is -0.395 e. The molecular weight excluding hydrogens is 352 g/mol. The van der Waals surface area contributed by atoms with Crippen molar-refractivity contribution in [1.82, 2.24) is 9.97 Å². The summed E-state index contributed by atoms with van der Waals surface area (Å²) in [4.78, 5) is 20.2. The Morgan fingerprint density at radius 2 is 1.50 bits per heavy atom. The van der Waals surface area contributed by atoms with E-state index in [1.165, 1.54) is 5.56 Å². The summed E-state index contributed by atoms with van der Waals surface area (Å²) in [6.45, 7) is 10.9. The second-order valence-corrected chi connectivity index (χ2v) is 7.66. The first kappa shape index (κ1) is 20.0. The fourth-order valence-electron chi connectivity index (χ4n) is 2.71. The van der Waals surface area contributed by atoms with E-state index < -0.39 is 0 Å². The van der Waals surface area contributed by atoms with E-state index in [2.05, 4.69) is 26.3 Å². The molecule has 1 aliphatic carbocycles. The standard InChI is InChI=1S/C22H28N4O2/c1-15-9-10-21(24-17(15)3)19(5)26-28-14-22(11-12-22)13-27-25-18(4)20-8-6-7-16(2)23-20/h6-10H,11-14H2,1-5H3/b25-18+,26-19+. The number of aromatic nitrogens is 2. The Morgan fingerprint density at radius 1 is 0.893 bits per heavy atom. The summed E-state index contributed by atoms with van der Waals surface area (Å²) < 4.78 is 0. The Hall–Kier alpha value is -2.76. The van der Waals surface area contributed by atoms with Crippen molar-refractivity contribution in [3.63, 3.8) is 0 Å². The monoisotopic (exact) mass is 380 g/mol. The lowest BCUT2D eigenvalue weighted by Crippen LogP contribution is -2.16. The van der Waals surface area contributed by atoms with Crippen molar-refractivity contribution in [3.8, 4) is 0 Å². The van der Waals surface area contributed by atoms with Crippen molar-refractivity contribution >= 4 is 11.4 Å². The molecule has 0 amide bonds. The zero-order valence-corrected chi connectivity index (χ0v) is 17.3. The predicted molar refractivity (Wildman–Crippen MR) is 111 cm³/mol. The van der Waals surface area contributed by atoms with Crippen LogP contribution in [0.4, 0.5) is 0 Å². The van der Waals surface area contributed by atoms with E-state index in [0.29, 0.717) is 13.2 Å². The maximum absolute atomic E-state index is 5.61. The van der Waals surface area contributed by atoms with Crippen LogP contribution in [0.1, 0.15) is 55.0 Å². The zero-order chi connectivity index (χ0) is 20.1. The smallest absolute Gasteiger partial charge is 0.126 e. The molecule has 2 aromatic heterocycles. The van der Waals surface area contributed by atoms with Gasteiger partial charge >= 0.3 is 0 Å². The molecule has 1 saturated carbocycles. The van der Waals surface area contributed by atoms with Gasteiger partial charge in [-0.25, -0.2) is 0 Å². The van der Waals surface area contributed by atoms with Crippen LogP contribution in [0.5, 0.6) is 0 Å². The van der Waals surface area contributed by atoms with Crippen molar-refractivity contribution < 1.29 is 9.68 Å². The van der Waals surface area contributed by atoms with Crippen molar-refractivity contribution in [2.24, 2.45) is 15.7 Å². The van der Waals surface area contributed by atoms with E-state index in [1.807, 2.05) is 58.9 Å². The molecule has 1 fully saturated rings. The number of hydrogen-bond acceptors (Lipinski definition) is 6. The number of aryl methyl sites for hydroxylation is 3. The summed E-state index contributed by atoms with van der Waals surface area (Å²) in [5.74, 6) is 0. The zero-order valence-electron chi connectivity index (χ0n) is 17.3. The quantitative estimate of drug-likeness (QED) is 0.504. The maximum Gasteiger partial charge on any atom is 0.126 e. The summed E-state index contributed by atoms with van der Waals surface area (Å²) in [5.41, 5.74) is 6.38. The first-order chi connectivity index (χ1) is 13.4. The molecule has 0 N–H and O–H groups in total. The van der Waals surface area contributed by atoms with Gasteiger partial charge < -0.3 is 9.68 Å². The third-order valence-electron chi connectivity index (χ3n) is 5.08. The molecule has 2 heterocycles. The molecule has 0 bridgehead atoms. The molecule has 0 aromatic carbocycles. The van der Waals surface area contributed by atoms with Gasteiger partial charge in [0, 0.05) is 16.8 Å². The summed E-state index contributed by atoms with van der Waals surface area (Å²) in [5, 5.41) is 8.47. The van der Waals surface area contributed by atoms with Gasteiger partial charge in [-0.2, -0.15) is 0 Å². The highest BCUT2D eigenvalue weighted by atomic mass is 16.6. The lowest BCUT2D eigenvalue weighted by Gasteiger charge is -2.12. The molecule has 6 nitrogen and oxygen atoms in total. The van der Waals surface area contributed by atoms with E-state index in [1.54, 1.807) is 0 Å². The Kier molecular flexibility index (Phi) is 6.07. The van der Waals surface area contributed by atoms with Gasteiger partial charge in [-0.05, 0) is 71.2 Å². The summed E-state index contributed by atoms with van der Waals surface area (Å²) in [7, 11) is 0. The van der Waals surface area contributed by atoms with E-state index in [0.717, 1.165) is 47.0 Å². The van der Waals surface area contributed by atoms with Gasteiger partial charge in [0.1, 0.15) is 24.6 Å². The SMILES string of the molecule is C/C(=N\OCC1(CO/N=C(\C)c2ccc(C)c(C)n2)CC1)c1cccc(C)n1. The van der Waals surface area contributed by atoms with Crippen molar-refractivity contribution in [1.29, 1.82) is 0 Å². The second kappa shape index (κ2) is 8.50. The molecule has 1 aliphatic rings. The van der Waals surface area contributed by atoms with Crippen LogP contribution in [-0.4, -0.2) is 34.6 Å². The fraction of sp³-hybridized carbons (Fsp3) is 0.455. The Morgan fingerprint density at radius 3 is 2.04 bits per heavy atom. The first-order valence-corrected chi connectivity index (χ1v) is 9.60. The highest BCUT2D eigenvalue weighted by molar-refractivity contribution is 5.97.